The molecule has 0 aromatic heterocycles. The molecule has 0 aliphatic heterocycles. The lowest BCUT2D eigenvalue weighted by molar-refractivity contribution is -0.00872. The van der Waals surface area contributed by atoms with Gasteiger partial charge in [-0.25, -0.2) is 14.4 Å². The van der Waals surface area contributed by atoms with Crippen molar-refractivity contribution >= 4 is 18.1 Å². The summed E-state index contributed by atoms with van der Waals surface area (Å²) in [4.78, 5) is 37.1. The van der Waals surface area contributed by atoms with Crippen LogP contribution in [0.5, 0.6) is 0 Å². The normalized spacial score (nSPS) is 12.4. The van der Waals surface area contributed by atoms with Crippen LogP contribution in [0.25, 0.3) is 0 Å². The second-order valence-electron chi connectivity index (χ2n) is 7.20. The van der Waals surface area contributed by atoms with Gasteiger partial charge >= 0.3 is 18.1 Å². The molecule has 0 N–H and O–H groups in total. The molecule has 2 rings (SSSR count). The Kier molecular flexibility index (Phi) is 9.73. The van der Waals surface area contributed by atoms with Crippen molar-refractivity contribution in [3.8, 4) is 0 Å². The molecule has 0 heterocycles. The number of rotatable bonds is 10. The molecule has 2 aromatic carbocycles. The number of hydrogen-bond acceptors (Lipinski definition) is 7. The summed E-state index contributed by atoms with van der Waals surface area (Å²) in [5.41, 5.74) is 1.78. The van der Waals surface area contributed by atoms with E-state index in [0.29, 0.717) is 35.1 Å². The van der Waals surface area contributed by atoms with E-state index in [4.69, 9.17) is 18.9 Å². The zero-order chi connectivity index (χ0) is 23.5. The molecule has 32 heavy (non-hydrogen) atoms. The maximum atomic E-state index is 12.8. The van der Waals surface area contributed by atoms with Crippen molar-refractivity contribution < 1.29 is 33.3 Å². The summed E-state index contributed by atoms with van der Waals surface area (Å²) >= 11 is 0. The average Bonchev–Trinajstić information content (AvgIpc) is 2.82. The molecule has 0 spiro atoms. The molecule has 0 aliphatic rings. The van der Waals surface area contributed by atoms with E-state index in [2.05, 4.69) is 0 Å². The van der Waals surface area contributed by atoms with Gasteiger partial charge in [0.1, 0.15) is 12.2 Å². The van der Waals surface area contributed by atoms with Gasteiger partial charge in [-0.1, -0.05) is 63.1 Å². The van der Waals surface area contributed by atoms with Crippen LogP contribution in [0.2, 0.25) is 0 Å². The van der Waals surface area contributed by atoms with Gasteiger partial charge in [0.05, 0.1) is 25.3 Å². The van der Waals surface area contributed by atoms with Gasteiger partial charge in [-0.2, -0.15) is 0 Å². The van der Waals surface area contributed by atoms with Crippen molar-refractivity contribution in [2.24, 2.45) is 0 Å². The molecule has 172 valence electrons. The van der Waals surface area contributed by atoms with Crippen LogP contribution in [0.4, 0.5) is 4.79 Å². The number of methoxy groups -OCH3 is 2. The third-order valence-electron chi connectivity index (χ3n) is 5.00. The zero-order valence-electron chi connectivity index (χ0n) is 19.0. The Bertz CT molecular complexity index is 849. The monoisotopic (exact) mass is 442 g/mol. The van der Waals surface area contributed by atoms with E-state index in [9.17, 15) is 14.4 Å². The SMILES string of the molecule is CCCC(OC(=O)OC(CCC)c1ccccc1C(=O)OC)c1ccccc1C(=O)OC. The molecule has 0 saturated carbocycles. The van der Waals surface area contributed by atoms with Gasteiger partial charge in [0.2, 0.25) is 0 Å². The van der Waals surface area contributed by atoms with E-state index in [1.54, 1.807) is 48.5 Å². The van der Waals surface area contributed by atoms with Crippen molar-refractivity contribution in [2.45, 2.75) is 51.7 Å². The van der Waals surface area contributed by atoms with Crippen LogP contribution in [-0.4, -0.2) is 32.3 Å². The third-order valence-corrected chi connectivity index (χ3v) is 5.00. The second kappa shape index (κ2) is 12.5. The lowest BCUT2D eigenvalue weighted by Gasteiger charge is -2.23. The molecule has 2 atom stereocenters. The number of benzene rings is 2. The second-order valence-corrected chi connectivity index (χ2v) is 7.20. The first-order valence-electron chi connectivity index (χ1n) is 10.7. The smallest absolute Gasteiger partial charge is 0.465 e. The van der Waals surface area contributed by atoms with Crippen LogP contribution in [0.3, 0.4) is 0 Å². The molecule has 0 radical (unpaired) electrons. The van der Waals surface area contributed by atoms with Crippen molar-refractivity contribution in [3.05, 3.63) is 70.8 Å². The molecular weight excluding hydrogens is 412 g/mol. The first-order chi connectivity index (χ1) is 15.5. The molecule has 0 amide bonds. The summed E-state index contributed by atoms with van der Waals surface area (Å²) in [6.45, 7) is 3.91. The molecule has 2 aromatic rings. The fourth-order valence-corrected chi connectivity index (χ4v) is 3.49. The Morgan fingerprint density at radius 2 is 1.06 bits per heavy atom. The molecule has 2 unspecified atom stereocenters. The summed E-state index contributed by atoms with van der Waals surface area (Å²) in [6.07, 6.45) is 0.206. The van der Waals surface area contributed by atoms with Crippen LogP contribution < -0.4 is 0 Å². The molecule has 0 fully saturated rings. The van der Waals surface area contributed by atoms with E-state index in [-0.39, 0.29) is 0 Å². The fraction of sp³-hybridized carbons (Fsp3) is 0.400. The van der Waals surface area contributed by atoms with Gasteiger partial charge in [-0.15, -0.1) is 0 Å². The lowest BCUT2D eigenvalue weighted by Crippen LogP contribution is -2.19. The Morgan fingerprint density at radius 3 is 1.41 bits per heavy atom. The number of hydrogen-bond donors (Lipinski definition) is 0. The van der Waals surface area contributed by atoms with Crippen molar-refractivity contribution in [2.75, 3.05) is 14.2 Å². The van der Waals surface area contributed by atoms with Crippen LogP contribution in [0.1, 0.15) is 83.6 Å². The molecule has 7 nitrogen and oxygen atoms in total. The highest BCUT2D eigenvalue weighted by Gasteiger charge is 2.27. The number of carbonyl (C=O) groups is 3. The van der Waals surface area contributed by atoms with Crippen LogP contribution in [0.15, 0.2) is 48.5 Å². The predicted molar refractivity (Wildman–Crippen MR) is 118 cm³/mol. The van der Waals surface area contributed by atoms with E-state index in [1.165, 1.54) is 14.2 Å². The minimum Gasteiger partial charge on any atom is -0.465 e. The Morgan fingerprint density at radius 1 is 0.688 bits per heavy atom. The zero-order valence-corrected chi connectivity index (χ0v) is 19.0. The largest absolute Gasteiger partial charge is 0.509 e. The highest BCUT2D eigenvalue weighted by molar-refractivity contribution is 5.91. The summed E-state index contributed by atoms with van der Waals surface area (Å²) < 4.78 is 21.0. The summed E-state index contributed by atoms with van der Waals surface area (Å²) in [7, 11) is 2.61. The lowest BCUT2D eigenvalue weighted by atomic mass is 9.99. The first kappa shape index (κ1) is 24.9. The van der Waals surface area contributed by atoms with Gasteiger partial charge in [-0.3, -0.25) is 0 Å². The number of carbonyl (C=O) groups excluding carboxylic acids is 3. The summed E-state index contributed by atoms with van der Waals surface area (Å²) in [6, 6.07) is 13.7. The molecular formula is C25H30O7. The molecule has 0 saturated heterocycles. The third kappa shape index (κ3) is 6.33. The average molecular weight is 443 g/mol. The van der Waals surface area contributed by atoms with E-state index >= 15 is 0 Å². The Labute approximate surface area is 188 Å². The quantitative estimate of drug-likeness (QED) is 0.340. The topological polar surface area (TPSA) is 88.1 Å². The molecule has 0 aliphatic carbocycles. The molecule has 7 heteroatoms. The number of esters is 2. The minimum atomic E-state index is -0.874. The summed E-state index contributed by atoms with van der Waals surface area (Å²) in [5.74, 6) is -1.01. The van der Waals surface area contributed by atoms with Gasteiger partial charge in [0.15, 0.2) is 0 Å². The maximum Gasteiger partial charge on any atom is 0.509 e. The van der Waals surface area contributed by atoms with E-state index < -0.39 is 30.3 Å². The van der Waals surface area contributed by atoms with Crippen LogP contribution in [0, 0.1) is 0 Å². The first-order valence-corrected chi connectivity index (χ1v) is 10.7. The molecule has 0 bridgehead atoms. The van der Waals surface area contributed by atoms with E-state index in [0.717, 1.165) is 12.8 Å². The standard InChI is InChI=1S/C25H30O7/c1-5-11-21(17-13-7-9-15-19(17)23(26)29-3)31-25(28)32-22(12-6-2)18-14-8-10-16-20(18)24(27)30-4/h7-10,13-16,21-22H,5-6,11-12H2,1-4H3. The highest BCUT2D eigenvalue weighted by atomic mass is 16.7. The summed E-state index contributed by atoms with van der Waals surface area (Å²) in [5, 5.41) is 0. The Balaban J connectivity index is 2.28. The van der Waals surface area contributed by atoms with Gasteiger partial charge in [0.25, 0.3) is 0 Å². The minimum absolute atomic E-state index is 0.336. The Hall–Kier alpha value is -3.35. The predicted octanol–water partition coefficient (Wildman–Crippen LogP) is 5.80. The van der Waals surface area contributed by atoms with Gasteiger partial charge in [-0.05, 0) is 25.0 Å². The van der Waals surface area contributed by atoms with Gasteiger partial charge < -0.3 is 18.9 Å². The van der Waals surface area contributed by atoms with Crippen molar-refractivity contribution in [1.29, 1.82) is 0 Å². The van der Waals surface area contributed by atoms with Crippen molar-refractivity contribution in [3.63, 3.8) is 0 Å². The fourth-order valence-electron chi connectivity index (χ4n) is 3.49. The maximum absolute atomic E-state index is 12.8. The van der Waals surface area contributed by atoms with Gasteiger partial charge in [0, 0.05) is 11.1 Å². The van der Waals surface area contributed by atoms with Crippen LogP contribution in [-0.2, 0) is 18.9 Å². The van der Waals surface area contributed by atoms with E-state index in [1.807, 2.05) is 13.8 Å². The highest BCUT2D eigenvalue weighted by Crippen LogP contribution is 2.31. The van der Waals surface area contributed by atoms with Crippen molar-refractivity contribution in [1.82, 2.24) is 0 Å². The number of ether oxygens (including phenoxy) is 4. The van der Waals surface area contributed by atoms with Crippen LogP contribution >= 0.6 is 0 Å².